The first-order chi connectivity index (χ1) is 6.14. The molecule has 1 aliphatic rings. The molecule has 4 nitrogen and oxygen atoms in total. The van der Waals surface area contributed by atoms with Crippen LogP contribution in [0.2, 0.25) is 0 Å². The summed E-state index contributed by atoms with van der Waals surface area (Å²) in [7, 11) is 6.77. The van der Waals surface area contributed by atoms with E-state index in [0.29, 0.717) is 11.1 Å². The number of carbonyl (C=O) groups excluding carboxylic acids is 1. The van der Waals surface area contributed by atoms with E-state index in [2.05, 4.69) is 0 Å². The lowest BCUT2D eigenvalue weighted by atomic mass is 10.0. The third-order valence-corrected chi connectivity index (χ3v) is 2.55. The Balaban J connectivity index is 2.71. The number of hydrogen-bond acceptors (Lipinski definition) is 3. The highest BCUT2D eigenvalue weighted by molar-refractivity contribution is 6.58. The van der Waals surface area contributed by atoms with Crippen molar-refractivity contribution in [2.24, 2.45) is 0 Å². The lowest BCUT2D eigenvalue weighted by Gasteiger charge is -2.34. The van der Waals surface area contributed by atoms with Gasteiger partial charge >= 0.3 is 6.41 Å². The molecule has 72 valence electrons. The van der Waals surface area contributed by atoms with E-state index in [1.54, 1.807) is 7.11 Å². The number of quaternary nitrogens is 1. The van der Waals surface area contributed by atoms with Gasteiger partial charge in [-0.3, -0.25) is 9.22 Å². The number of methoxy groups -OCH3 is 1. The normalized spacial score (nSPS) is 33.5. The molecular weight excluding hydrogens is 169 g/mol. The zero-order valence-electron chi connectivity index (χ0n) is 8.16. The van der Waals surface area contributed by atoms with Crippen LogP contribution in [0, 0.1) is 0 Å². The smallest absolute Gasteiger partial charge is 0.309 e. The fourth-order valence-electron chi connectivity index (χ4n) is 1.77. The molecule has 0 aromatic heterocycles. The highest BCUT2D eigenvalue weighted by Crippen LogP contribution is 2.21. The third-order valence-electron chi connectivity index (χ3n) is 2.55. The molecule has 5 heteroatoms. The van der Waals surface area contributed by atoms with Gasteiger partial charge in [-0.25, -0.2) is 0 Å². The maximum absolute atomic E-state index is 10.9. The summed E-state index contributed by atoms with van der Waals surface area (Å²) in [4.78, 5) is 10.9. The molecule has 0 N–H and O–H groups in total. The van der Waals surface area contributed by atoms with Gasteiger partial charge in [0, 0.05) is 7.11 Å². The number of carbonyl (C=O) groups is 1. The second kappa shape index (κ2) is 4.22. The van der Waals surface area contributed by atoms with E-state index in [-0.39, 0.29) is 18.6 Å². The highest BCUT2D eigenvalue weighted by Gasteiger charge is 2.42. The van der Waals surface area contributed by atoms with Crippen molar-refractivity contribution in [1.82, 2.24) is 0 Å². The summed E-state index contributed by atoms with van der Waals surface area (Å²) in [6, 6.07) is 0. The molecule has 2 unspecified atom stereocenters. The number of likely N-dealkylation sites (N-methyl/N-ethyl adjacent to an activating group) is 1. The van der Waals surface area contributed by atoms with E-state index in [1.807, 2.05) is 6.92 Å². The molecule has 0 amide bonds. The molecule has 0 bridgehead atoms. The molecule has 2 radical (unpaired) electrons. The predicted octanol–water partition coefficient (Wildman–Crippen LogP) is -0.522. The fraction of sp³-hybridized carbons (Fsp3) is 0.875. The minimum absolute atomic E-state index is 0.287. The Morgan fingerprint density at radius 3 is 2.92 bits per heavy atom. The van der Waals surface area contributed by atoms with Gasteiger partial charge in [0.2, 0.25) is 0 Å². The first kappa shape index (κ1) is 10.7. The van der Waals surface area contributed by atoms with Crippen LogP contribution in [0.5, 0.6) is 0 Å². The van der Waals surface area contributed by atoms with Crippen LogP contribution in [-0.4, -0.2) is 57.8 Å². The standard InChI is InChI=1S/C8H15BNO3/c1-3-10(6-7(9)11)4-5-13-8(10)12-2/h8H,3-6H2,1-2H3/q+1. The summed E-state index contributed by atoms with van der Waals surface area (Å²) in [5, 5.41) is 0. The van der Waals surface area contributed by atoms with Crippen molar-refractivity contribution in [3.63, 3.8) is 0 Å². The third kappa shape index (κ3) is 2.10. The van der Waals surface area contributed by atoms with Gasteiger partial charge in [-0.1, -0.05) is 0 Å². The van der Waals surface area contributed by atoms with Gasteiger partial charge in [-0.05, 0) is 6.92 Å². The van der Waals surface area contributed by atoms with Gasteiger partial charge in [0.15, 0.2) is 7.85 Å². The van der Waals surface area contributed by atoms with Gasteiger partial charge in [-0.15, -0.1) is 0 Å². The van der Waals surface area contributed by atoms with Crippen molar-refractivity contribution in [3.8, 4) is 0 Å². The van der Waals surface area contributed by atoms with Gasteiger partial charge in [-0.2, -0.15) is 0 Å². The molecule has 1 rings (SSSR count). The van der Waals surface area contributed by atoms with Gasteiger partial charge < -0.3 is 9.53 Å². The van der Waals surface area contributed by atoms with E-state index in [0.717, 1.165) is 13.1 Å². The van der Waals surface area contributed by atoms with E-state index >= 15 is 0 Å². The Bertz CT molecular complexity index is 200. The summed E-state index contributed by atoms with van der Waals surface area (Å²) < 4.78 is 11.0. The lowest BCUT2D eigenvalue weighted by molar-refractivity contribution is -0.963. The van der Waals surface area contributed by atoms with Crippen LogP contribution in [0.4, 0.5) is 0 Å². The number of ether oxygens (including phenoxy) is 2. The maximum Gasteiger partial charge on any atom is 0.309 e. The summed E-state index contributed by atoms with van der Waals surface area (Å²) in [5.74, 6) is 0. The average Bonchev–Trinajstić information content (AvgIpc) is 2.47. The summed E-state index contributed by atoms with van der Waals surface area (Å²) in [6.45, 7) is 4.50. The molecule has 2 atom stereocenters. The van der Waals surface area contributed by atoms with E-state index in [4.69, 9.17) is 17.3 Å². The van der Waals surface area contributed by atoms with Crippen molar-refractivity contribution in [1.29, 1.82) is 0 Å². The highest BCUT2D eigenvalue weighted by atomic mass is 16.7. The molecule has 0 spiro atoms. The largest absolute Gasteiger partial charge is 0.309 e. The first-order valence-corrected chi connectivity index (χ1v) is 4.43. The Hall–Kier alpha value is -0.385. The molecule has 0 aromatic rings. The second-order valence-corrected chi connectivity index (χ2v) is 3.30. The van der Waals surface area contributed by atoms with E-state index in [9.17, 15) is 4.79 Å². The van der Waals surface area contributed by atoms with Crippen molar-refractivity contribution >= 4 is 13.5 Å². The maximum atomic E-state index is 10.9. The Kier molecular flexibility index (Phi) is 3.47. The lowest BCUT2D eigenvalue weighted by Crippen LogP contribution is -2.55. The van der Waals surface area contributed by atoms with Gasteiger partial charge in [0.05, 0.1) is 6.54 Å². The van der Waals surface area contributed by atoms with Crippen molar-refractivity contribution in [2.75, 3.05) is 33.4 Å². The predicted molar refractivity (Wildman–Crippen MR) is 48.0 cm³/mol. The molecule has 0 aliphatic carbocycles. The van der Waals surface area contributed by atoms with Crippen LogP contribution >= 0.6 is 0 Å². The summed E-state index contributed by atoms with van der Waals surface area (Å²) in [5.41, 5.74) is -0.311. The minimum Gasteiger partial charge on any atom is -0.309 e. The number of nitrogens with zero attached hydrogens (tertiary/aromatic N) is 1. The summed E-state index contributed by atoms with van der Waals surface area (Å²) >= 11 is 0. The van der Waals surface area contributed by atoms with Crippen LogP contribution in [-0.2, 0) is 14.3 Å². The summed E-state index contributed by atoms with van der Waals surface area (Å²) in [6.07, 6.45) is -0.336. The van der Waals surface area contributed by atoms with Crippen LogP contribution in [0.15, 0.2) is 0 Å². The van der Waals surface area contributed by atoms with Crippen LogP contribution < -0.4 is 0 Å². The van der Waals surface area contributed by atoms with Crippen molar-refractivity contribution in [3.05, 3.63) is 0 Å². The molecule has 13 heavy (non-hydrogen) atoms. The molecule has 1 heterocycles. The minimum atomic E-state index is -0.336. The van der Waals surface area contributed by atoms with Gasteiger partial charge in [0.25, 0.3) is 0 Å². The molecule has 0 saturated carbocycles. The van der Waals surface area contributed by atoms with E-state index < -0.39 is 0 Å². The average molecular weight is 184 g/mol. The number of hydrogen-bond donors (Lipinski definition) is 0. The molecular formula is C8H15BNO3+. The molecule has 1 saturated heterocycles. The molecule has 0 aromatic carbocycles. The fourth-order valence-corrected chi connectivity index (χ4v) is 1.77. The number of rotatable bonds is 4. The van der Waals surface area contributed by atoms with Crippen LogP contribution in [0.1, 0.15) is 6.92 Å². The topological polar surface area (TPSA) is 35.5 Å². The van der Waals surface area contributed by atoms with Crippen molar-refractivity contribution in [2.45, 2.75) is 13.3 Å². The molecule has 1 fully saturated rings. The van der Waals surface area contributed by atoms with Crippen molar-refractivity contribution < 1.29 is 18.8 Å². The monoisotopic (exact) mass is 184 g/mol. The SMILES string of the molecule is [B]C(=O)C[N+]1(CC)CCOC1OC. The Morgan fingerprint density at radius 1 is 1.77 bits per heavy atom. The zero-order valence-corrected chi connectivity index (χ0v) is 8.16. The zero-order chi connectivity index (χ0) is 9.90. The Labute approximate surface area is 79.8 Å². The van der Waals surface area contributed by atoms with Crippen LogP contribution in [0.3, 0.4) is 0 Å². The quantitative estimate of drug-likeness (QED) is 0.435. The first-order valence-electron chi connectivity index (χ1n) is 4.43. The van der Waals surface area contributed by atoms with Crippen LogP contribution in [0.25, 0.3) is 0 Å². The second-order valence-electron chi connectivity index (χ2n) is 3.30. The Morgan fingerprint density at radius 2 is 2.46 bits per heavy atom. The van der Waals surface area contributed by atoms with Gasteiger partial charge in [0.1, 0.15) is 25.4 Å². The molecule has 1 aliphatic heterocycles. The van der Waals surface area contributed by atoms with E-state index in [1.165, 1.54) is 0 Å².